The fraction of sp³-hybridized carbons (Fsp3) is 0. The number of benzene rings is 10. The summed E-state index contributed by atoms with van der Waals surface area (Å²) < 4.78 is 6.50. The Morgan fingerprint density at radius 2 is 0.807 bits per heavy atom. The molecule has 0 fully saturated rings. The van der Waals surface area contributed by atoms with E-state index < -0.39 is 0 Å². The molecule has 0 aliphatic rings. The second-order valence-electron chi connectivity index (χ2n) is 14.9. The lowest BCUT2D eigenvalue weighted by molar-refractivity contribution is 0.672. The van der Waals surface area contributed by atoms with Crippen molar-refractivity contribution in [3.63, 3.8) is 0 Å². The highest BCUT2D eigenvalue weighted by Crippen LogP contribution is 2.46. The number of hydrogen-bond acceptors (Lipinski definition) is 1. The van der Waals surface area contributed by atoms with Crippen molar-refractivity contribution >= 4 is 193 Å². The molecule has 0 amide bonds. The molecule has 0 N–H and O–H groups in total. The second kappa shape index (κ2) is 12.3. The SMILES string of the molecule is [B]c1c([B])c([B])c2c(-c3cc4ccc5ccccc5c4c4ccccc34)c3c([B])c([B])c([B])c([B])c3c(-c3ccc4oc5c6ccccc6ccc5c4c3)c2c1[B]. The van der Waals surface area contributed by atoms with Gasteiger partial charge >= 0.3 is 0 Å². The maximum atomic E-state index is 7.15. The Labute approximate surface area is 339 Å². The molecule has 0 saturated carbocycles. The van der Waals surface area contributed by atoms with E-state index in [1.54, 1.807) is 0 Å². The lowest BCUT2D eigenvalue weighted by Crippen LogP contribution is -2.50. The number of rotatable bonds is 2. The van der Waals surface area contributed by atoms with E-state index in [2.05, 4.69) is 78.9 Å². The van der Waals surface area contributed by atoms with Crippen molar-refractivity contribution in [3.05, 3.63) is 121 Å². The molecule has 0 atom stereocenters. The van der Waals surface area contributed by atoms with Crippen molar-refractivity contribution in [2.45, 2.75) is 0 Å². The third-order valence-electron chi connectivity index (χ3n) is 12.0. The molecule has 0 spiro atoms. The summed E-state index contributed by atoms with van der Waals surface area (Å²) in [4.78, 5) is 0. The van der Waals surface area contributed by atoms with E-state index in [4.69, 9.17) is 67.2 Å². The third-order valence-corrected chi connectivity index (χ3v) is 12.0. The molecule has 9 heteroatoms. The summed E-state index contributed by atoms with van der Waals surface area (Å²) in [5.41, 5.74) is 6.11. The van der Waals surface area contributed by atoms with Crippen molar-refractivity contribution in [1.29, 1.82) is 0 Å². The fourth-order valence-electron chi connectivity index (χ4n) is 9.25. The summed E-state index contributed by atoms with van der Waals surface area (Å²) in [5, 5.41) is 12.7. The fourth-order valence-corrected chi connectivity index (χ4v) is 9.25. The van der Waals surface area contributed by atoms with Gasteiger partial charge in [0.1, 0.15) is 73.9 Å². The van der Waals surface area contributed by atoms with Crippen LogP contribution < -0.4 is 43.7 Å². The van der Waals surface area contributed by atoms with Gasteiger partial charge in [0, 0.05) is 16.2 Å². The van der Waals surface area contributed by atoms with Crippen molar-refractivity contribution in [2.75, 3.05) is 0 Å². The van der Waals surface area contributed by atoms with Gasteiger partial charge in [0.2, 0.25) is 0 Å². The summed E-state index contributed by atoms with van der Waals surface area (Å²) in [5.74, 6) is 0. The topological polar surface area (TPSA) is 13.1 Å². The van der Waals surface area contributed by atoms with Crippen LogP contribution in [0.2, 0.25) is 0 Å². The highest BCUT2D eigenvalue weighted by Gasteiger charge is 2.26. The standard InChI is InChI=1S/C48H20B8O/c49-40-36-34(24-16-18-32-30(19-24)29-17-15-22-8-2-4-10-26(22)48(29)57-32)37-39(43(52)47(56)45(54)41(37)50)35(38(36)42(51)46(55)44(40)53)31-20-23-14-13-21-7-1-3-9-25(21)33(23)28-12-6-5-11-27(28)31/h1-20H. The van der Waals surface area contributed by atoms with E-state index in [-0.39, 0.29) is 43.7 Å². The molecule has 1 nitrogen and oxygen atoms in total. The molecule has 0 aliphatic heterocycles. The predicted octanol–water partition coefficient (Wildman–Crippen LogP) is 4.19. The lowest BCUT2D eigenvalue weighted by atomic mass is 9.59. The lowest BCUT2D eigenvalue weighted by Gasteiger charge is -2.29. The minimum absolute atomic E-state index is 0.164. The summed E-state index contributed by atoms with van der Waals surface area (Å²) in [6, 6.07) is 41.4. The van der Waals surface area contributed by atoms with Crippen LogP contribution in [0.25, 0.3) is 109 Å². The second-order valence-corrected chi connectivity index (χ2v) is 14.9. The van der Waals surface area contributed by atoms with E-state index in [0.29, 0.717) is 32.7 Å². The molecule has 0 saturated heterocycles. The van der Waals surface area contributed by atoms with Crippen LogP contribution in [0.4, 0.5) is 0 Å². The van der Waals surface area contributed by atoms with Crippen LogP contribution in [0.3, 0.4) is 0 Å². The van der Waals surface area contributed by atoms with Crippen LogP contribution in [0.15, 0.2) is 126 Å². The normalized spacial score (nSPS) is 12.1. The number of furan rings is 1. The summed E-state index contributed by atoms with van der Waals surface area (Å²) in [6.07, 6.45) is 0. The maximum absolute atomic E-state index is 7.15. The van der Waals surface area contributed by atoms with E-state index >= 15 is 0 Å². The molecular weight excluding hydrogens is 679 g/mol. The molecule has 0 unspecified atom stereocenters. The molecule has 1 aromatic heterocycles. The van der Waals surface area contributed by atoms with Gasteiger partial charge in [-0.2, -0.15) is 0 Å². The Kier molecular flexibility index (Phi) is 7.40. The zero-order valence-electron chi connectivity index (χ0n) is 30.6. The zero-order valence-corrected chi connectivity index (χ0v) is 30.6. The Hall–Kier alpha value is -5.92. The summed E-state index contributed by atoms with van der Waals surface area (Å²) >= 11 is 0. The van der Waals surface area contributed by atoms with Crippen molar-refractivity contribution in [3.8, 4) is 22.3 Å². The molecule has 57 heavy (non-hydrogen) atoms. The van der Waals surface area contributed by atoms with Gasteiger partial charge in [0.15, 0.2) is 0 Å². The molecule has 16 radical (unpaired) electrons. The molecule has 10 aromatic carbocycles. The Balaban J connectivity index is 1.37. The van der Waals surface area contributed by atoms with Gasteiger partial charge in [0.25, 0.3) is 0 Å². The predicted molar refractivity (Wildman–Crippen MR) is 253 cm³/mol. The van der Waals surface area contributed by atoms with Gasteiger partial charge in [-0.3, -0.25) is 0 Å². The average Bonchev–Trinajstić information content (AvgIpc) is 3.63. The van der Waals surface area contributed by atoms with E-state index in [1.807, 2.05) is 42.5 Å². The Morgan fingerprint density at radius 1 is 0.316 bits per heavy atom. The first kappa shape index (κ1) is 34.3. The minimum Gasteiger partial charge on any atom is -0.455 e. The summed E-state index contributed by atoms with van der Waals surface area (Å²) in [7, 11) is 55.5. The first-order chi connectivity index (χ1) is 27.6. The molecular formula is C48H20B8O. The van der Waals surface area contributed by atoms with Gasteiger partial charge in [-0.25, -0.2) is 0 Å². The highest BCUT2D eigenvalue weighted by molar-refractivity contribution is 6.71. The monoisotopic (exact) mass is 700 g/mol. The summed E-state index contributed by atoms with van der Waals surface area (Å²) in [6.45, 7) is 0. The molecule has 0 bridgehead atoms. The van der Waals surface area contributed by atoms with Gasteiger partial charge in [0.05, 0.1) is 0 Å². The van der Waals surface area contributed by atoms with Crippen molar-refractivity contribution < 1.29 is 4.42 Å². The Morgan fingerprint density at radius 3 is 1.44 bits per heavy atom. The molecule has 0 aliphatic carbocycles. The van der Waals surface area contributed by atoms with Gasteiger partial charge < -0.3 is 4.42 Å². The molecule has 11 rings (SSSR count). The highest BCUT2D eigenvalue weighted by atomic mass is 16.3. The van der Waals surface area contributed by atoms with Gasteiger partial charge in [-0.1, -0.05) is 119 Å². The third kappa shape index (κ3) is 4.63. The van der Waals surface area contributed by atoms with Crippen LogP contribution >= 0.6 is 0 Å². The minimum atomic E-state index is 0.164. The quantitative estimate of drug-likeness (QED) is 0.150. The zero-order chi connectivity index (χ0) is 39.0. The van der Waals surface area contributed by atoms with Gasteiger partial charge in [-0.05, 0) is 106 Å². The smallest absolute Gasteiger partial charge is 0.143 e. The van der Waals surface area contributed by atoms with E-state index in [1.165, 1.54) is 0 Å². The van der Waals surface area contributed by atoms with Crippen LogP contribution in [0, 0.1) is 0 Å². The largest absolute Gasteiger partial charge is 0.455 e. The van der Waals surface area contributed by atoms with Crippen LogP contribution in [-0.4, -0.2) is 62.8 Å². The van der Waals surface area contributed by atoms with Crippen molar-refractivity contribution in [1.82, 2.24) is 0 Å². The average molecular weight is 699 g/mol. The molecule has 242 valence electrons. The van der Waals surface area contributed by atoms with Crippen LogP contribution in [0.1, 0.15) is 0 Å². The van der Waals surface area contributed by atoms with Crippen LogP contribution in [0.5, 0.6) is 0 Å². The van der Waals surface area contributed by atoms with Crippen molar-refractivity contribution in [2.24, 2.45) is 0 Å². The van der Waals surface area contributed by atoms with E-state index in [0.717, 1.165) is 76.2 Å². The van der Waals surface area contributed by atoms with Gasteiger partial charge in [-0.15, -0.1) is 21.9 Å². The first-order valence-electron chi connectivity index (χ1n) is 18.6. The van der Waals surface area contributed by atoms with E-state index in [9.17, 15) is 0 Å². The first-order valence-corrected chi connectivity index (χ1v) is 18.6. The number of hydrogen-bond donors (Lipinski definition) is 0. The molecule has 11 aromatic rings. The van der Waals surface area contributed by atoms with Crippen LogP contribution in [-0.2, 0) is 0 Å². The molecule has 1 heterocycles. The number of fused-ring (bicyclic) bond motifs is 12. The Bertz CT molecular complexity index is 3540. The maximum Gasteiger partial charge on any atom is 0.143 e.